The molecule has 2 N–H and O–H groups in total. The lowest BCUT2D eigenvalue weighted by atomic mass is 10.4. The number of carboxylic acid groups (broad SMARTS) is 1. The first-order valence-corrected chi connectivity index (χ1v) is 4.75. The highest BCUT2D eigenvalue weighted by atomic mass is 16.5. The summed E-state index contributed by atoms with van der Waals surface area (Å²) < 4.78 is 4.59. The molecule has 0 unspecified atom stereocenters. The van der Waals surface area contributed by atoms with Gasteiger partial charge in [0.2, 0.25) is 0 Å². The number of rotatable bonds is 4. The van der Waals surface area contributed by atoms with Crippen molar-refractivity contribution < 1.29 is 19.4 Å². The first-order chi connectivity index (χ1) is 6.95. The van der Waals surface area contributed by atoms with Gasteiger partial charge in [-0.15, -0.1) is 0 Å². The molecule has 0 aliphatic carbocycles. The van der Waals surface area contributed by atoms with Gasteiger partial charge in [-0.3, -0.25) is 0 Å². The van der Waals surface area contributed by atoms with Crippen LogP contribution < -0.4 is 5.32 Å². The molecule has 88 valence electrons. The second-order valence-electron chi connectivity index (χ2n) is 2.73. The number of amides is 1. The van der Waals surface area contributed by atoms with Crippen molar-refractivity contribution in [1.29, 1.82) is 0 Å². The molecule has 5 heteroatoms. The SMILES string of the molecule is C=C(C)C(=O)O.CCCNC(=O)OCC. The summed E-state index contributed by atoms with van der Waals surface area (Å²) in [6, 6.07) is 0. The molecule has 5 nitrogen and oxygen atoms in total. The van der Waals surface area contributed by atoms with Crippen LogP contribution in [0.15, 0.2) is 12.2 Å². The van der Waals surface area contributed by atoms with Crippen LogP contribution >= 0.6 is 0 Å². The number of nitrogens with one attached hydrogen (secondary N) is 1. The number of ether oxygens (including phenoxy) is 1. The number of carbonyl (C=O) groups excluding carboxylic acids is 1. The fourth-order valence-electron chi connectivity index (χ4n) is 0.409. The van der Waals surface area contributed by atoms with Crippen LogP contribution in [-0.2, 0) is 9.53 Å². The molecule has 0 atom stereocenters. The van der Waals surface area contributed by atoms with Crippen molar-refractivity contribution in [2.75, 3.05) is 13.2 Å². The van der Waals surface area contributed by atoms with Gasteiger partial charge in [0.25, 0.3) is 0 Å². The van der Waals surface area contributed by atoms with Crippen molar-refractivity contribution in [2.24, 2.45) is 0 Å². The number of alkyl carbamates (subject to hydrolysis) is 1. The van der Waals surface area contributed by atoms with Crippen LogP contribution in [0.2, 0.25) is 0 Å². The van der Waals surface area contributed by atoms with Crippen molar-refractivity contribution in [3.8, 4) is 0 Å². The largest absolute Gasteiger partial charge is 0.478 e. The van der Waals surface area contributed by atoms with E-state index in [1.807, 2.05) is 6.92 Å². The molecule has 0 rings (SSSR count). The van der Waals surface area contributed by atoms with E-state index in [4.69, 9.17) is 5.11 Å². The van der Waals surface area contributed by atoms with Gasteiger partial charge in [-0.1, -0.05) is 13.5 Å². The number of carboxylic acids is 1. The van der Waals surface area contributed by atoms with Crippen molar-refractivity contribution in [2.45, 2.75) is 27.2 Å². The monoisotopic (exact) mass is 217 g/mol. The Kier molecular flexibility index (Phi) is 11.2. The third-order valence-electron chi connectivity index (χ3n) is 1.16. The molecule has 0 saturated heterocycles. The maximum Gasteiger partial charge on any atom is 0.407 e. The van der Waals surface area contributed by atoms with Gasteiger partial charge in [0.15, 0.2) is 0 Å². The van der Waals surface area contributed by atoms with Crippen LogP contribution in [0.5, 0.6) is 0 Å². The standard InChI is InChI=1S/C6H13NO2.C4H6O2/c1-3-5-7-6(8)9-4-2;1-3(2)4(5)6/h3-5H2,1-2H3,(H,7,8);1H2,2H3,(H,5,6). The van der Waals surface area contributed by atoms with E-state index in [0.29, 0.717) is 13.2 Å². The number of hydrogen-bond acceptors (Lipinski definition) is 3. The van der Waals surface area contributed by atoms with E-state index in [2.05, 4.69) is 16.6 Å². The van der Waals surface area contributed by atoms with Gasteiger partial charge < -0.3 is 15.2 Å². The van der Waals surface area contributed by atoms with Crippen LogP contribution in [0.4, 0.5) is 4.79 Å². The molecule has 0 bridgehead atoms. The first kappa shape index (κ1) is 15.9. The summed E-state index contributed by atoms with van der Waals surface area (Å²) in [5.74, 6) is -0.935. The van der Waals surface area contributed by atoms with Crippen LogP contribution in [0, 0.1) is 0 Å². The summed E-state index contributed by atoms with van der Waals surface area (Å²) in [6.45, 7) is 9.51. The summed E-state index contributed by atoms with van der Waals surface area (Å²) >= 11 is 0. The average Bonchev–Trinajstić information content (AvgIpc) is 2.16. The van der Waals surface area contributed by atoms with Crippen LogP contribution in [0.1, 0.15) is 27.2 Å². The lowest BCUT2D eigenvalue weighted by molar-refractivity contribution is -0.132. The van der Waals surface area contributed by atoms with E-state index in [-0.39, 0.29) is 11.7 Å². The van der Waals surface area contributed by atoms with E-state index in [1.54, 1.807) is 6.92 Å². The Hall–Kier alpha value is -1.52. The van der Waals surface area contributed by atoms with Crippen molar-refractivity contribution in [1.82, 2.24) is 5.32 Å². The summed E-state index contributed by atoms with van der Waals surface area (Å²) in [5.41, 5.74) is 0.176. The Bertz CT molecular complexity index is 201. The molecule has 0 heterocycles. The minimum Gasteiger partial charge on any atom is -0.478 e. The van der Waals surface area contributed by atoms with Gasteiger partial charge in [0.05, 0.1) is 6.61 Å². The second-order valence-corrected chi connectivity index (χ2v) is 2.73. The fraction of sp³-hybridized carbons (Fsp3) is 0.600. The third kappa shape index (κ3) is 15.3. The second kappa shape index (κ2) is 10.6. The van der Waals surface area contributed by atoms with Crippen LogP contribution in [0.25, 0.3) is 0 Å². The molecule has 0 spiro atoms. The highest BCUT2D eigenvalue weighted by Crippen LogP contribution is 1.81. The topological polar surface area (TPSA) is 75.6 Å². The minimum atomic E-state index is -0.935. The third-order valence-corrected chi connectivity index (χ3v) is 1.16. The zero-order valence-electron chi connectivity index (χ0n) is 9.50. The average molecular weight is 217 g/mol. The quantitative estimate of drug-likeness (QED) is 0.704. The molecular formula is C10H19NO4. The highest BCUT2D eigenvalue weighted by Gasteiger charge is 1.94. The zero-order valence-corrected chi connectivity index (χ0v) is 9.50. The molecule has 15 heavy (non-hydrogen) atoms. The van der Waals surface area contributed by atoms with Gasteiger partial charge in [-0.2, -0.15) is 0 Å². The normalized spacial score (nSPS) is 8.20. The lowest BCUT2D eigenvalue weighted by Crippen LogP contribution is -2.24. The maximum absolute atomic E-state index is 10.5. The van der Waals surface area contributed by atoms with Gasteiger partial charge in [0.1, 0.15) is 0 Å². The van der Waals surface area contributed by atoms with E-state index >= 15 is 0 Å². The Labute approximate surface area is 90.1 Å². The molecule has 0 aromatic heterocycles. The Morgan fingerprint density at radius 1 is 1.40 bits per heavy atom. The van der Waals surface area contributed by atoms with E-state index in [0.717, 1.165) is 6.42 Å². The lowest BCUT2D eigenvalue weighted by Gasteiger charge is -2.01. The Morgan fingerprint density at radius 3 is 2.13 bits per heavy atom. The summed E-state index contributed by atoms with van der Waals surface area (Å²) in [6.07, 6.45) is 0.623. The van der Waals surface area contributed by atoms with E-state index < -0.39 is 5.97 Å². The Morgan fingerprint density at radius 2 is 1.87 bits per heavy atom. The minimum absolute atomic E-state index is 0.176. The summed E-state index contributed by atoms with van der Waals surface area (Å²) in [4.78, 5) is 20.1. The van der Waals surface area contributed by atoms with Gasteiger partial charge in [0, 0.05) is 12.1 Å². The summed E-state index contributed by atoms with van der Waals surface area (Å²) in [7, 11) is 0. The van der Waals surface area contributed by atoms with Crippen molar-refractivity contribution >= 4 is 12.1 Å². The molecule has 1 amide bonds. The fourth-order valence-corrected chi connectivity index (χ4v) is 0.409. The molecule has 0 saturated carbocycles. The molecule has 0 aliphatic rings. The van der Waals surface area contributed by atoms with Gasteiger partial charge in [-0.05, 0) is 20.3 Å². The molecular weight excluding hydrogens is 198 g/mol. The smallest absolute Gasteiger partial charge is 0.407 e. The predicted octanol–water partition coefficient (Wildman–Crippen LogP) is 1.79. The molecule has 0 aromatic carbocycles. The summed E-state index contributed by atoms with van der Waals surface area (Å²) in [5, 5.41) is 10.5. The van der Waals surface area contributed by atoms with Gasteiger partial charge in [-0.25, -0.2) is 9.59 Å². The molecule has 0 fully saturated rings. The number of aliphatic carboxylic acids is 1. The van der Waals surface area contributed by atoms with Crippen LogP contribution in [0.3, 0.4) is 0 Å². The molecule has 0 aromatic rings. The van der Waals surface area contributed by atoms with E-state index in [9.17, 15) is 9.59 Å². The first-order valence-electron chi connectivity index (χ1n) is 4.75. The molecule has 0 aliphatic heterocycles. The highest BCUT2D eigenvalue weighted by molar-refractivity contribution is 5.84. The maximum atomic E-state index is 10.5. The van der Waals surface area contributed by atoms with Gasteiger partial charge >= 0.3 is 12.1 Å². The number of hydrogen-bond donors (Lipinski definition) is 2. The molecule has 0 radical (unpaired) electrons. The van der Waals surface area contributed by atoms with Crippen molar-refractivity contribution in [3.05, 3.63) is 12.2 Å². The zero-order chi connectivity index (χ0) is 12.3. The predicted molar refractivity (Wildman–Crippen MR) is 57.8 cm³/mol. The Balaban J connectivity index is 0. The van der Waals surface area contributed by atoms with Crippen molar-refractivity contribution in [3.63, 3.8) is 0 Å². The number of carbonyl (C=O) groups is 2. The van der Waals surface area contributed by atoms with Crippen LogP contribution in [-0.4, -0.2) is 30.3 Å². The van der Waals surface area contributed by atoms with E-state index in [1.165, 1.54) is 6.92 Å².